The van der Waals surface area contributed by atoms with Gasteiger partial charge in [0.25, 0.3) is 0 Å². The third-order valence-electron chi connectivity index (χ3n) is 3.99. The second-order valence-corrected chi connectivity index (χ2v) is 6.67. The van der Waals surface area contributed by atoms with Crippen LogP contribution in [0.4, 0.5) is 10.1 Å². The number of carbonyl (C=O) groups is 1. The van der Waals surface area contributed by atoms with Gasteiger partial charge >= 0.3 is 0 Å². The lowest BCUT2D eigenvalue weighted by Crippen LogP contribution is -2.28. The molecule has 0 radical (unpaired) electrons. The number of carbonyl (C=O) groups excluding carboxylic acids is 1. The summed E-state index contributed by atoms with van der Waals surface area (Å²) >= 11 is 1.35. The zero-order chi connectivity index (χ0) is 16.4. The van der Waals surface area contributed by atoms with Crippen molar-refractivity contribution in [3.8, 4) is 0 Å². The van der Waals surface area contributed by atoms with E-state index in [1.54, 1.807) is 12.3 Å². The van der Waals surface area contributed by atoms with Gasteiger partial charge in [0.15, 0.2) is 5.16 Å². The molecular formula is C16H18FN3O2S. The molecule has 2 N–H and O–H groups in total. The van der Waals surface area contributed by atoms with Crippen LogP contribution in [0.3, 0.4) is 0 Å². The van der Waals surface area contributed by atoms with E-state index >= 15 is 0 Å². The fourth-order valence-electron chi connectivity index (χ4n) is 2.71. The third-order valence-corrected chi connectivity index (χ3v) is 5.15. The minimum atomic E-state index is -0.616. The fourth-order valence-corrected chi connectivity index (χ4v) is 3.58. The van der Waals surface area contributed by atoms with E-state index in [-0.39, 0.29) is 5.91 Å². The van der Waals surface area contributed by atoms with Gasteiger partial charge in [-0.3, -0.25) is 4.79 Å². The third kappa shape index (κ3) is 3.56. The van der Waals surface area contributed by atoms with Crippen molar-refractivity contribution in [1.82, 2.24) is 9.55 Å². The monoisotopic (exact) mass is 335 g/mol. The minimum Gasteiger partial charge on any atom is -0.392 e. The number of imidazole rings is 1. The molecule has 1 aliphatic carbocycles. The van der Waals surface area contributed by atoms with Crippen LogP contribution in [0.15, 0.2) is 40.6 Å². The van der Waals surface area contributed by atoms with E-state index in [0.717, 1.165) is 11.6 Å². The summed E-state index contributed by atoms with van der Waals surface area (Å²) in [4.78, 5) is 17.3. The first-order valence-corrected chi connectivity index (χ1v) is 8.30. The highest BCUT2D eigenvalue weighted by Crippen LogP contribution is 2.34. The molecule has 2 unspecified atom stereocenters. The number of hydrogen-bond acceptors (Lipinski definition) is 4. The van der Waals surface area contributed by atoms with Crippen molar-refractivity contribution < 1.29 is 14.3 Å². The number of benzene rings is 1. The summed E-state index contributed by atoms with van der Waals surface area (Å²) in [6.45, 7) is 0. The molecule has 2 aromatic rings. The van der Waals surface area contributed by atoms with Crippen LogP contribution < -0.4 is 5.32 Å². The zero-order valence-electron chi connectivity index (χ0n) is 12.7. The molecule has 0 aliphatic heterocycles. The summed E-state index contributed by atoms with van der Waals surface area (Å²) in [5, 5.41) is 13.4. The van der Waals surface area contributed by atoms with Gasteiger partial charge in [0.2, 0.25) is 5.91 Å². The Morgan fingerprint density at radius 1 is 1.48 bits per heavy atom. The molecule has 122 valence electrons. The van der Waals surface area contributed by atoms with Crippen LogP contribution >= 0.6 is 11.8 Å². The van der Waals surface area contributed by atoms with Gasteiger partial charge in [-0.2, -0.15) is 0 Å². The highest BCUT2D eigenvalue weighted by atomic mass is 32.2. The Hall–Kier alpha value is -1.86. The number of amides is 1. The number of nitrogens with zero attached hydrogens (tertiary/aromatic N) is 2. The summed E-state index contributed by atoms with van der Waals surface area (Å²) in [6.07, 6.45) is 5.00. The number of anilines is 1. The Kier molecular flexibility index (Phi) is 4.68. The Labute approximate surface area is 137 Å². The lowest BCUT2D eigenvalue weighted by atomic mass is 10.1. The smallest absolute Gasteiger partial charge is 0.230 e. The number of aliphatic hydroxyl groups excluding tert-OH is 1. The Morgan fingerprint density at radius 2 is 2.30 bits per heavy atom. The largest absolute Gasteiger partial charge is 0.392 e. The van der Waals surface area contributed by atoms with E-state index in [1.807, 2.05) is 17.8 Å². The number of aliphatic hydroxyl groups is 1. The molecule has 23 heavy (non-hydrogen) atoms. The molecule has 0 bridgehead atoms. The molecule has 7 heteroatoms. The van der Waals surface area contributed by atoms with Gasteiger partial charge in [-0.05, 0) is 49.2 Å². The van der Waals surface area contributed by atoms with Crippen molar-refractivity contribution in [2.75, 3.05) is 5.32 Å². The molecule has 1 fully saturated rings. The van der Waals surface area contributed by atoms with Crippen molar-refractivity contribution >= 4 is 23.4 Å². The lowest BCUT2D eigenvalue weighted by Gasteiger charge is -2.16. The standard InChI is InChI=1S/C16H18FN3O2S/c1-20-8-7-18-16(20)23-14-6-5-10(17)9-12(14)19-15(22)11-3-2-4-13(11)21/h5-9,11,13,21H,2-4H2,1H3,(H,19,22). The van der Waals surface area contributed by atoms with Gasteiger partial charge in [0.1, 0.15) is 5.82 Å². The maximum atomic E-state index is 13.6. The first kappa shape index (κ1) is 16.0. The van der Waals surface area contributed by atoms with E-state index in [0.29, 0.717) is 23.4 Å². The van der Waals surface area contributed by atoms with Crippen LogP contribution in [0.5, 0.6) is 0 Å². The minimum absolute atomic E-state index is 0.262. The Morgan fingerprint density at radius 3 is 2.96 bits per heavy atom. The van der Waals surface area contributed by atoms with Gasteiger partial charge in [-0.15, -0.1) is 0 Å². The molecular weight excluding hydrogens is 317 g/mol. The molecule has 0 spiro atoms. The quantitative estimate of drug-likeness (QED) is 0.902. The van der Waals surface area contributed by atoms with Crippen LogP contribution in [0.2, 0.25) is 0 Å². The van der Waals surface area contributed by atoms with Crippen molar-refractivity contribution in [3.05, 3.63) is 36.4 Å². The van der Waals surface area contributed by atoms with Gasteiger partial charge in [-0.25, -0.2) is 9.37 Å². The number of aromatic nitrogens is 2. The van der Waals surface area contributed by atoms with E-state index in [2.05, 4.69) is 10.3 Å². The number of hydrogen-bond donors (Lipinski definition) is 2. The van der Waals surface area contributed by atoms with Gasteiger partial charge < -0.3 is 15.0 Å². The topological polar surface area (TPSA) is 67.2 Å². The van der Waals surface area contributed by atoms with E-state index in [4.69, 9.17) is 0 Å². The molecule has 0 saturated heterocycles. The normalized spacial score (nSPS) is 20.7. The Balaban J connectivity index is 1.81. The van der Waals surface area contributed by atoms with Crippen LogP contribution in [0.25, 0.3) is 0 Å². The number of rotatable bonds is 4. The maximum Gasteiger partial charge on any atom is 0.230 e. The van der Waals surface area contributed by atoms with E-state index in [1.165, 1.54) is 23.9 Å². The molecule has 5 nitrogen and oxygen atoms in total. The molecule has 1 amide bonds. The van der Waals surface area contributed by atoms with Gasteiger partial charge in [0, 0.05) is 24.3 Å². The summed E-state index contributed by atoms with van der Waals surface area (Å²) in [7, 11) is 1.87. The van der Waals surface area contributed by atoms with Crippen LogP contribution in [-0.4, -0.2) is 26.7 Å². The number of nitrogens with one attached hydrogen (secondary N) is 1. The summed E-state index contributed by atoms with van der Waals surface area (Å²) < 4.78 is 15.4. The molecule has 1 aliphatic rings. The Bertz CT molecular complexity index is 719. The number of halogens is 1. The van der Waals surface area contributed by atoms with Crippen molar-refractivity contribution in [2.24, 2.45) is 13.0 Å². The first-order valence-electron chi connectivity index (χ1n) is 7.48. The summed E-state index contributed by atoms with van der Waals surface area (Å²) in [5.41, 5.74) is 0.405. The molecule has 1 aromatic carbocycles. The highest BCUT2D eigenvalue weighted by molar-refractivity contribution is 7.99. The van der Waals surface area contributed by atoms with Crippen molar-refractivity contribution in [3.63, 3.8) is 0 Å². The molecule has 1 saturated carbocycles. The summed E-state index contributed by atoms with van der Waals surface area (Å²) in [5.74, 6) is -1.11. The molecule has 3 rings (SSSR count). The average Bonchev–Trinajstić information content (AvgIpc) is 3.11. The van der Waals surface area contributed by atoms with Gasteiger partial charge in [0.05, 0.1) is 17.7 Å². The average molecular weight is 335 g/mol. The molecule has 2 atom stereocenters. The highest BCUT2D eigenvalue weighted by Gasteiger charge is 2.31. The molecule has 1 heterocycles. The SMILES string of the molecule is Cn1ccnc1Sc1ccc(F)cc1NC(=O)C1CCCC1O. The fraction of sp³-hybridized carbons (Fsp3) is 0.375. The predicted octanol–water partition coefficient (Wildman–Crippen LogP) is 2.81. The first-order chi connectivity index (χ1) is 11.0. The van der Waals surface area contributed by atoms with E-state index < -0.39 is 17.8 Å². The van der Waals surface area contributed by atoms with Crippen LogP contribution in [0, 0.1) is 11.7 Å². The number of aryl methyl sites for hydroxylation is 1. The maximum absolute atomic E-state index is 13.6. The van der Waals surface area contributed by atoms with Crippen molar-refractivity contribution in [1.29, 1.82) is 0 Å². The van der Waals surface area contributed by atoms with Crippen molar-refractivity contribution in [2.45, 2.75) is 35.4 Å². The second kappa shape index (κ2) is 6.72. The van der Waals surface area contributed by atoms with Crippen LogP contribution in [-0.2, 0) is 11.8 Å². The van der Waals surface area contributed by atoms with E-state index in [9.17, 15) is 14.3 Å². The molecule has 1 aromatic heterocycles. The van der Waals surface area contributed by atoms with Crippen LogP contribution in [0.1, 0.15) is 19.3 Å². The predicted molar refractivity (Wildman–Crippen MR) is 85.7 cm³/mol. The zero-order valence-corrected chi connectivity index (χ0v) is 13.5. The lowest BCUT2D eigenvalue weighted by molar-refractivity contribution is -0.122. The summed E-state index contributed by atoms with van der Waals surface area (Å²) in [6, 6.07) is 4.27. The van der Waals surface area contributed by atoms with Gasteiger partial charge in [-0.1, -0.05) is 0 Å². The second-order valence-electron chi connectivity index (χ2n) is 5.66.